The van der Waals surface area contributed by atoms with Crippen LogP contribution in [-0.2, 0) is 11.2 Å². The van der Waals surface area contributed by atoms with Crippen molar-refractivity contribution in [2.24, 2.45) is 4.99 Å². The molecule has 2 aromatic rings. The number of hydrogen-bond donors (Lipinski definition) is 1. The molecule has 1 amide bonds. The minimum absolute atomic E-state index is 0.0798. The lowest BCUT2D eigenvalue weighted by Gasteiger charge is -2.13. The highest BCUT2D eigenvalue weighted by molar-refractivity contribution is 8.18. The minimum Gasteiger partial charge on any atom is -0.504 e. The van der Waals surface area contributed by atoms with Crippen LogP contribution in [-0.4, -0.2) is 34.7 Å². The zero-order valence-electron chi connectivity index (χ0n) is 17.7. The molecule has 1 N–H and O–H groups in total. The lowest BCUT2D eigenvalue weighted by molar-refractivity contribution is -0.122. The third-order valence-electron chi connectivity index (χ3n) is 4.84. The van der Waals surface area contributed by atoms with Crippen molar-refractivity contribution in [2.45, 2.75) is 27.2 Å². The maximum absolute atomic E-state index is 13.0. The van der Waals surface area contributed by atoms with Crippen LogP contribution in [0.1, 0.15) is 29.2 Å². The highest BCUT2D eigenvalue weighted by Gasteiger charge is 2.32. The van der Waals surface area contributed by atoms with Crippen molar-refractivity contribution >= 4 is 34.6 Å². The molecule has 2 aromatic carbocycles. The number of benzene rings is 2. The molecule has 0 bridgehead atoms. The lowest BCUT2D eigenvalue weighted by Crippen LogP contribution is -2.28. The van der Waals surface area contributed by atoms with Gasteiger partial charge < -0.3 is 9.84 Å². The Balaban J connectivity index is 2.01. The van der Waals surface area contributed by atoms with E-state index in [1.165, 1.54) is 18.9 Å². The molecule has 0 radical (unpaired) electrons. The molecular weight excluding hydrogens is 396 g/mol. The van der Waals surface area contributed by atoms with Crippen LogP contribution < -0.4 is 4.74 Å². The topological polar surface area (TPSA) is 62.1 Å². The molecule has 1 saturated heterocycles. The van der Waals surface area contributed by atoms with E-state index in [1.54, 1.807) is 17.0 Å². The molecule has 0 saturated carbocycles. The Hall–Kier alpha value is -2.99. The van der Waals surface area contributed by atoms with Crippen LogP contribution in [0.5, 0.6) is 11.5 Å². The first-order valence-electron chi connectivity index (χ1n) is 9.76. The monoisotopic (exact) mass is 422 g/mol. The van der Waals surface area contributed by atoms with Crippen LogP contribution in [0.15, 0.2) is 52.9 Å². The van der Waals surface area contributed by atoms with Gasteiger partial charge in [0.15, 0.2) is 16.7 Å². The Morgan fingerprint density at radius 2 is 2.03 bits per heavy atom. The van der Waals surface area contributed by atoms with Gasteiger partial charge in [-0.2, -0.15) is 0 Å². The molecule has 0 aromatic heterocycles. The van der Waals surface area contributed by atoms with Crippen molar-refractivity contribution in [1.82, 2.24) is 4.90 Å². The smallest absolute Gasteiger partial charge is 0.266 e. The number of hydrogen-bond acceptors (Lipinski definition) is 5. The van der Waals surface area contributed by atoms with Gasteiger partial charge in [-0.25, -0.2) is 4.99 Å². The number of likely N-dealkylation sites (N-methyl/N-ethyl adjacent to an activating group) is 1. The SMILES string of the molecule is C=CCc1cc(/C=C2/SC(=Nc3cc(C)ccc3C)N(CC)C2=O)cc(OC)c1O. The highest BCUT2D eigenvalue weighted by Crippen LogP contribution is 2.37. The average molecular weight is 423 g/mol. The van der Waals surface area contributed by atoms with Crippen LogP contribution in [0.2, 0.25) is 0 Å². The summed E-state index contributed by atoms with van der Waals surface area (Å²) in [5, 5.41) is 11.0. The normalized spacial score (nSPS) is 16.5. The van der Waals surface area contributed by atoms with E-state index in [2.05, 4.69) is 6.58 Å². The maximum Gasteiger partial charge on any atom is 0.266 e. The van der Waals surface area contributed by atoms with E-state index in [1.807, 2.05) is 51.1 Å². The molecule has 1 aliphatic rings. The second-order valence-corrected chi connectivity index (χ2v) is 8.08. The van der Waals surface area contributed by atoms with Crippen molar-refractivity contribution in [2.75, 3.05) is 13.7 Å². The third kappa shape index (κ3) is 4.44. The number of ether oxygens (including phenoxy) is 1. The molecule has 5 nitrogen and oxygen atoms in total. The van der Waals surface area contributed by atoms with E-state index in [9.17, 15) is 9.90 Å². The first-order chi connectivity index (χ1) is 14.4. The number of rotatable bonds is 6. The molecule has 0 atom stereocenters. The number of carbonyl (C=O) groups excluding carboxylic acids is 1. The summed E-state index contributed by atoms with van der Waals surface area (Å²) in [6, 6.07) is 9.67. The molecule has 0 unspecified atom stereocenters. The van der Waals surface area contributed by atoms with Gasteiger partial charge in [-0.15, -0.1) is 6.58 Å². The van der Waals surface area contributed by atoms with Gasteiger partial charge in [0.2, 0.25) is 0 Å². The van der Waals surface area contributed by atoms with Gasteiger partial charge in [-0.3, -0.25) is 9.69 Å². The summed E-state index contributed by atoms with van der Waals surface area (Å²) in [5.74, 6) is 0.384. The summed E-state index contributed by atoms with van der Waals surface area (Å²) < 4.78 is 5.29. The summed E-state index contributed by atoms with van der Waals surface area (Å²) in [4.78, 5) is 20.0. The number of allylic oxidation sites excluding steroid dienone is 1. The fourth-order valence-corrected chi connectivity index (χ4v) is 4.26. The minimum atomic E-state index is -0.0798. The summed E-state index contributed by atoms with van der Waals surface area (Å²) in [6.45, 7) is 10.2. The number of amides is 1. The van der Waals surface area contributed by atoms with Gasteiger partial charge in [0.1, 0.15) is 0 Å². The number of nitrogens with zero attached hydrogens (tertiary/aromatic N) is 2. The van der Waals surface area contributed by atoms with E-state index >= 15 is 0 Å². The van der Waals surface area contributed by atoms with Gasteiger partial charge in [0, 0.05) is 12.1 Å². The van der Waals surface area contributed by atoms with Crippen LogP contribution in [0.3, 0.4) is 0 Å². The number of amidine groups is 1. The number of phenols is 1. The number of thioether (sulfide) groups is 1. The van der Waals surface area contributed by atoms with Gasteiger partial charge in [0.25, 0.3) is 5.91 Å². The van der Waals surface area contributed by atoms with Crippen LogP contribution in [0, 0.1) is 13.8 Å². The predicted molar refractivity (Wildman–Crippen MR) is 125 cm³/mol. The lowest BCUT2D eigenvalue weighted by atomic mass is 10.1. The summed E-state index contributed by atoms with van der Waals surface area (Å²) >= 11 is 1.36. The van der Waals surface area contributed by atoms with E-state index in [4.69, 9.17) is 9.73 Å². The van der Waals surface area contributed by atoms with Gasteiger partial charge in [-0.1, -0.05) is 18.2 Å². The number of methoxy groups -OCH3 is 1. The highest BCUT2D eigenvalue weighted by atomic mass is 32.2. The number of aryl methyl sites for hydroxylation is 2. The van der Waals surface area contributed by atoms with Crippen molar-refractivity contribution in [3.63, 3.8) is 0 Å². The van der Waals surface area contributed by atoms with E-state index in [-0.39, 0.29) is 11.7 Å². The molecule has 156 valence electrons. The van der Waals surface area contributed by atoms with Gasteiger partial charge >= 0.3 is 0 Å². The average Bonchev–Trinajstić information content (AvgIpc) is 3.01. The first-order valence-corrected chi connectivity index (χ1v) is 10.6. The number of aromatic hydroxyl groups is 1. The largest absolute Gasteiger partial charge is 0.504 e. The fourth-order valence-electron chi connectivity index (χ4n) is 3.20. The summed E-state index contributed by atoms with van der Waals surface area (Å²) in [5.41, 5.74) is 4.53. The molecule has 1 fully saturated rings. The van der Waals surface area contributed by atoms with Crippen molar-refractivity contribution in [3.05, 3.63) is 70.1 Å². The molecule has 0 spiro atoms. The molecule has 1 heterocycles. The third-order valence-corrected chi connectivity index (χ3v) is 5.85. The maximum atomic E-state index is 13.0. The first kappa shape index (κ1) is 21.7. The molecule has 6 heteroatoms. The van der Waals surface area contributed by atoms with Gasteiger partial charge in [-0.05, 0) is 79.9 Å². The quantitative estimate of drug-likeness (QED) is 0.502. The number of carbonyl (C=O) groups is 1. The Labute approximate surface area is 181 Å². The van der Waals surface area contributed by atoms with Crippen molar-refractivity contribution in [1.29, 1.82) is 0 Å². The zero-order valence-corrected chi connectivity index (χ0v) is 18.5. The van der Waals surface area contributed by atoms with E-state index in [0.717, 1.165) is 22.4 Å². The fraction of sp³-hybridized carbons (Fsp3) is 0.250. The second kappa shape index (κ2) is 9.22. The summed E-state index contributed by atoms with van der Waals surface area (Å²) in [7, 11) is 1.51. The Morgan fingerprint density at radius 1 is 1.27 bits per heavy atom. The van der Waals surface area contributed by atoms with Crippen LogP contribution in [0.25, 0.3) is 6.08 Å². The standard InChI is InChI=1S/C24H26N2O3S/c1-6-8-18-12-17(13-20(29-5)22(18)27)14-21-23(28)26(7-2)24(30-21)25-19-11-15(3)9-10-16(19)4/h6,9-14,27H,1,7-8H2,2-5H3/b21-14+,25-24?. The molecular formula is C24H26N2O3S. The second-order valence-electron chi connectivity index (χ2n) is 7.07. The molecule has 1 aliphatic heterocycles. The van der Waals surface area contributed by atoms with E-state index in [0.29, 0.717) is 34.4 Å². The molecule has 3 rings (SSSR count). The Morgan fingerprint density at radius 3 is 2.70 bits per heavy atom. The predicted octanol–water partition coefficient (Wildman–Crippen LogP) is 5.37. The van der Waals surface area contributed by atoms with Gasteiger partial charge in [0.05, 0.1) is 17.7 Å². The summed E-state index contributed by atoms with van der Waals surface area (Å²) in [6.07, 6.45) is 4.03. The Bertz CT molecular complexity index is 1060. The molecule has 0 aliphatic carbocycles. The Kier molecular flexibility index (Phi) is 6.67. The molecule has 30 heavy (non-hydrogen) atoms. The number of aliphatic imine (C=N–C) groups is 1. The van der Waals surface area contributed by atoms with Crippen LogP contribution >= 0.6 is 11.8 Å². The zero-order chi connectivity index (χ0) is 21.8. The van der Waals surface area contributed by atoms with Crippen molar-refractivity contribution in [3.8, 4) is 11.5 Å². The van der Waals surface area contributed by atoms with Crippen molar-refractivity contribution < 1.29 is 14.6 Å². The van der Waals surface area contributed by atoms with Crippen LogP contribution in [0.4, 0.5) is 5.69 Å². The number of phenolic OH excluding ortho intramolecular Hbond substituents is 1. The van der Waals surface area contributed by atoms with E-state index < -0.39 is 0 Å².